The average molecular weight is 415 g/mol. The van der Waals surface area contributed by atoms with E-state index in [1.165, 1.54) is 12.1 Å². The molecule has 1 aliphatic rings. The van der Waals surface area contributed by atoms with Crippen molar-refractivity contribution in [2.45, 2.75) is 18.9 Å². The molecule has 5 rings (SSSR count). The minimum atomic E-state index is -0.263. The fourth-order valence-electron chi connectivity index (χ4n) is 4.04. The van der Waals surface area contributed by atoms with Crippen molar-refractivity contribution in [1.82, 2.24) is 20.5 Å². The molecule has 1 fully saturated rings. The van der Waals surface area contributed by atoms with Crippen LogP contribution < -0.4 is 10.2 Å². The fourth-order valence-corrected chi connectivity index (χ4v) is 4.04. The van der Waals surface area contributed by atoms with E-state index >= 15 is 0 Å². The van der Waals surface area contributed by atoms with Gasteiger partial charge in [0, 0.05) is 42.3 Å². The summed E-state index contributed by atoms with van der Waals surface area (Å²) in [4.78, 5) is 19.3. The molecule has 3 heterocycles. The standard InChI is InChI=1S/C24H22FN5O/c25-19-8-5-16(6-9-19)22-14-23(29-28-22)30-12-2-4-20(15-30)27-24(31)18-7-10-21-17(13-18)3-1-11-26-21/h1,3,5-11,13-14,20H,2,4,12,15H2,(H,27,31)(H,28,29)/t20-/m0/s1. The zero-order chi connectivity index (χ0) is 21.2. The maximum absolute atomic E-state index is 13.2. The maximum Gasteiger partial charge on any atom is 0.251 e. The molecule has 7 heteroatoms. The van der Waals surface area contributed by atoms with Gasteiger partial charge in [-0.05, 0) is 66.9 Å². The Balaban J connectivity index is 1.27. The highest BCUT2D eigenvalue weighted by molar-refractivity contribution is 5.98. The van der Waals surface area contributed by atoms with Gasteiger partial charge in [0.1, 0.15) is 5.82 Å². The van der Waals surface area contributed by atoms with Crippen LogP contribution in [0.25, 0.3) is 22.2 Å². The van der Waals surface area contributed by atoms with Gasteiger partial charge in [0.15, 0.2) is 5.82 Å². The van der Waals surface area contributed by atoms with Gasteiger partial charge in [0.05, 0.1) is 11.2 Å². The summed E-state index contributed by atoms with van der Waals surface area (Å²) >= 11 is 0. The first-order valence-electron chi connectivity index (χ1n) is 10.4. The van der Waals surface area contributed by atoms with E-state index in [4.69, 9.17) is 0 Å². The van der Waals surface area contributed by atoms with E-state index in [9.17, 15) is 9.18 Å². The highest BCUT2D eigenvalue weighted by Crippen LogP contribution is 2.24. The van der Waals surface area contributed by atoms with Crippen LogP contribution in [0.2, 0.25) is 0 Å². The van der Waals surface area contributed by atoms with E-state index in [2.05, 4.69) is 25.4 Å². The Morgan fingerprint density at radius 2 is 2.00 bits per heavy atom. The molecule has 0 saturated carbocycles. The first-order valence-corrected chi connectivity index (χ1v) is 10.4. The van der Waals surface area contributed by atoms with E-state index in [1.54, 1.807) is 18.3 Å². The summed E-state index contributed by atoms with van der Waals surface area (Å²) in [5.41, 5.74) is 3.23. The zero-order valence-corrected chi connectivity index (χ0v) is 16.9. The number of hydrogen-bond donors (Lipinski definition) is 2. The number of H-pyrrole nitrogens is 1. The molecule has 0 spiro atoms. The predicted octanol–water partition coefficient (Wildman–Crippen LogP) is 4.16. The molecule has 4 aromatic rings. The maximum atomic E-state index is 13.2. The minimum absolute atomic E-state index is 0.0387. The second-order valence-electron chi connectivity index (χ2n) is 7.82. The Labute approximate surface area is 179 Å². The van der Waals surface area contributed by atoms with Crippen LogP contribution >= 0.6 is 0 Å². The quantitative estimate of drug-likeness (QED) is 0.525. The van der Waals surface area contributed by atoms with E-state index < -0.39 is 0 Å². The van der Waals surface area contributed by atoms with Gasteiger partial charge in [0.25, 0.3) is 5.91 Å². The third-order valence-corrected chi connectivity index (χ3v) is 5.67. The number of carbonyl (C=O) groups excluding carboxylic acids is 1. The van der Waals surface area contributed by atoms with Crippen molar-refractivity contribution in [1.29, 1.82) is 0 Å². The minimum Gasteiger partial charge on any atom is -0.353 e. The summed E-state index contributed by atoms with van der Waals surface area (Å²) in [5, 5.41) is 11.6. The lowest BCUT2D eigenvalue weighted by Crippen LogP contribution is -2.48. The average Bonchev–Trinajstić information content (AvgIpc) is 3.30. The highest BCUT2D eigenvalue weighted by Gasteiger charge is 2.24. The summed E-state index contributed by atoms with van der Waals surface area (Å²) in [7, 11) is 0. The van der Waals surface area contributed by atoms with Gasteiger partial charge in [0.2, 0.25) is 0 Å². The first-order chi connectivity index (χ1) is 15.2. The monoisotopic (exact) mass is 415 g/mol. The van der Waals surface area contributed by atoms with Gasteiger partial charge in [-0.3, -0.25) is 14.9 Å². The SMILES string of the molecule is O=C(N[C@H]1CCCN(c2cc(-c3ccc(F)cc3)[nH]n2)C1)c1ccc2ncccc2c1. The lowest BCUT2D eigenvalue weighted by Gasteiger charge is -2.33. The molecular formula is C24H22FN5O. The zero-order valence-electron chi connectivity index (χ0n) is 16.9. The number of nitrogens with one attached hydrogen (secondary N) is 2. The molecule has 0 unspecified atom stereocenters. The lowest BCUT2D eigenvalue weighted by molar-refractivity contribution is 0.0933. The molecule has 1 amide bonds. The van der Waals surface area contributed by atoms with Gasteiger partial charge >= 0.3 is 0 Å². The summed E-state index contributed by atoms with van der Waals surface area (Å²) in [6.07, 6.45) is 3.63. The number of rotatable bonds is 4. The highest BCUT2D eigenvalue weighted by atomic mass is 19.1. The number of anilines is 1. The first kappa shape index (κ1) is 19.2. The molecule has 2 aromatic heterocycles. The van der Waals surface area contributed by atoms with Gasteiger partial charge in [-0.1, -0.05) is 6.07 Å². The van der Waals surface area contributed by atoms with Crippen LogP contribution in [0.4, 0.5) is 10.2 Å². The number of benzene rings is 2. The number of piperidine rings is 1. The van der Waals surface area contributed by atoms with Crippen molar-refractivity contribution in [3.8, 4) is 11.3 Å². The molecule has 2 N–H and O–H groups in total. The predicted molar refractivity (Wildman–Crippen MR) is 118 cm³/mol. The molecule has 0 radical (unpaired) electrons. The van der Waals surface area contributed by atoms with Crippen LogP contribution in [-0.4, -0.2) is 40.2 Å². The molecule has 0 bridgehead atoms. The summed E-state index contributed by atoms with van der Waals surface area (Å²) < 4.78 is 13.2. The molecular weight excluding hydrogens is 393 g/mol. The van der Waals surface area contributed by atoms with Crippen molar-refractivity contribution in [3.63, 3.8) is 0 Å². The largest absolute Gasteiger partial charge is 0.353 e. The topological polar surface area (TPSA) is 73.9 Å². The molecule has 1 saturated heterocycles. The summed E-state index contributed by atoms with van der Waals surface area (Å²) in [5.74, 6) is 0.488. The van der Waals surface area contributed by atoms with E-state index in [1.807, 2.05) is 36.4 Å². The molecule has 1 aliphatic heterocycles. The van der Waals surface area contributed by atoms with Crippen LogP contribution in [0, 0.1) is 5.82 Å². The third kappa shape index (κ3) is 4.12. The van der Waals surface area contributed by atoms with Crippen molar-refractivity contribution in [3.05, 3.63) is 78.2 Å². The molecule has 156 valence electrons. The Bertz CT molecular complexity index is 1220. The number of aromatic amines is 1. The van der Waals surface area contributed by atoms with E-state index in [0.29, 0.717) is 12.1 Å². The van der Waals surface area contributed by atoms with Crippen LogP contribution in [0.5, 0.6) is 0 Å². The molecule has 6 nitrogen and oxygen atoms in total. The second kappa shape index (κ2) is 8.18. The number of nitrogens with zero attached hydrogens (tertiary/aromatic N) is 3. The molecule has 2 aromatic carbocycles. The van der Waals surface area contributed by atoms with Gasteiger partial charge in [-0.2, -0.15) is 5.10 Å². The number of aromatic nitrogens is 3. The smallest absolute Gasteiger partial charge is 0.251 e. The molecule has 31 heavy (non-hydrogen) atoms. The van der Waals surface area contributed by atoms with Crippen LogP contribution in [-0.2, 0) is 0 Å². The number of halogens is 1. The normalized spacial score (nSPS) is 16.4. The van der Waals surface area contributed by atoms with Crippen LogP contribution in [0.1, 0.15) is 23.2 Å². The van der Waals surface area contributed by atoms with Crippen molar-refractivity contribution < 1.29 is 9.18 Å². The third-order valence-electron chi connectivity index (χ3n) is 5.67. The van der Waals surface area contributed by atoms with E-state index in [-0.39, 0.29) is 17.8 Å². The van der Waals surface area contributed by atoms with Crippen molar-refractivity contribution in [2.24, 2.45) is 0 Å². The van der Waals surface area contributed by atoms with Crippen LogP contribution in [0.15, 0.2) is 66.9 Å². The number of fused-ring (bicyclic) bond motifs is 1. The van der Waals surface area contributed by atoms with Crippen LogP contribution in [0.3, 0.4) is 0 Å². The van der Waals surface area contributed by atoms with Gasteiger partial charge < -0.3 is 10.2 Å². The number of carbonyl (C=O) groups is 1. The lowest BCUT2D eigenvalue weighted by atomic mass is 10.0. The van der Waals surface area contributed by atoms with Gasteiger partial charge in [-0.25, -0.2) is 4.39 Å². The molecule has 0 aliphatic carbocycles. The number of amides is 1. The van der Waals surface area contributed by atoms with Crippen molar-refractivity contribution in [2.75, 3.05) is 18.0 Å². The van der Waals surface area contributed by atoms with Gasteiger partial charge in [-0.15, -0.1) is 0 Å². The van der Waals surface area contributed by atoms with E-state index in [0.717, 1.165) is 47.4 Å². The Morgan fingerprint density at radius 3 is 2.87 bits per heavy atom. The summed E-state index contributed by atoms with van der Waals surface area (Å²) in [6.45, 7) is 1.57. The number of pyridine rings is 1. The van der Waals surface area contributed by atoms with Crippen molar-refractivity contribution >= 4 is 22.6 Å². The summed E-state index contributed by atoms with van der Waals surface area (Å²) in [6, 6.07) is 17.7. The Kier molecular flexibility index (Phi) is 5.08. The number of hydrogen-bond acceptors (Lipinski definition) is 4. The molecule has 1 atom stereocenters. The second-order valence-corrected chi connectivity index (χ2v) is 7.82. The Morgan fingerprint density at radius 1 is 1.13 bits per heavy atom. The Hall–Kier alpha value is -3.74. The fraction of sp³-hybridized carbons (Fsp3) is 0.208.